The van der Waals surface area contributed by atoms with E-state index < -0.39 is 11.6 Å². The fraction of sp³-hybridized carbons (Fsp3) is 0.294. The lowest BCUT2D eigenvalue weighted by molar-refractivity contribution is 0.0903. The van der Waals surface area contributed by atoms with E-state index in [-0.39, 0.29) is 5.56 Å². The minimum atomic E-state index is -0.638. The lowest BCUT2D eigenvalue weighted by atomic mass is 10.1. The molecular formula is C17H16F2N4O. The maximum Gasteiger partial charge on any atom is 0.154 e. The van der Waals surface area contributed by atoms with Crippen LogP contribution in [0.2, 0.25) is 0 Å². The third-order valence-electron chi connectivity index (χ3n) is 4.14. The quantitative estimate of drug-likeness (QED) is 0.801. The molecule has 0 amide bonds. The Morgan fingerprint density at radius 1 is 1.12 bits per heavy atom. The number of fused-ring (bicyclic) bond motifs is 1. The summed E-state index contributed by atoms with van der Waals surface area (Å²) in [7, 11) is 0. The van der Waals surface area contributed by atoms with E-state index in [0.717, 1.165) is 32.1 Å². The average Bonchev–Trinajstić information content (AvgIpc) is 2.99. The maximum atomic E-state index is 14.1. The van der Waals surface area contributed by atoms with Crippen LogP contribution in [0.25, 0.3) is 16.9 Å². The molecule has 0 atom stereocenters. The van der Waals surface area contributed by atoms with Gasteiger partial charge in [0.25, 0.3) is 0 Å². The van der Waals surface area contributed by atoms with Crippen LogP contribution in [-0.2, 0) is 4.74 Å². The van der Waals surface area contributed by atoms with Crippen molar-refractivity contribution in [2.24, 2.45) is 0 Å². The second-order valence-corrected chi connectivity index (χ2v) is 5.79. The van der Waals surface area contributed by atoms with Gasteiger partial charge < -0.3 is 10.1 Å². The third-order valence-corrected chi connectivity index (χ3v) is 4.14. The van der Waals surface area contributed by atoms with Crippen molar-refractivity contribution in [3.05, 3.63) is 48.2 Å². The van der Waals surface area contributed by atoms with Gasteiger partial charge in [0.15, 0.2) is 5.65 Å². The molecule has 0 saturated carbocycles. The summed E-state index contributed by atoms with van der Waals surface area (Å²) in [5.74, 6) is -0.558. The number of nitrogens with zero attached hydrogens (tertiary/aromatic N) is 3. The summed E-state index contributed by atoms with van der Waals surface area (Å²) >= 11 is 0. The lowest BCUT2D eigenvalue weighted by Gasteiger charge is -2.23. The fourth-order valence-electron chi connectivity index (χ4n) is 2.88. The number of hydrogen-bond acceptors (Lipinski definition) is 4. The number of halogens is 2. The van der Waals surface area contributed by atoms with E-state index in [4.69, 9.17) is 4.74 Å². The summed E-state index contributed by atoms with van der Waals surface area (Å²) < 4.78 is 34.1. The van der Waals surface area contributed by atoms with E-state index in [2.05, 4.69) is 15.4 Å². The van der Waals surface area contributed by atoms with Crippen LogP contribution in [0.3, 0.4) is 0 Å². The predicted molar refractivity (Wildman–Crippen MR) is 85.8 cm³/mol. The first-order valence-corrected chi connectivity index (χ1v) is 7.85. The molecule has 0 unspecified atom stereocenters. The van der Waals surface area contributed by atoms with Gasteiger partial charge in [-0.3, -0.25) is 0 Å². The first kappa shape index (κ1) is 15.0. The molecule has 124 valence electrons. The second-order valence-electron chi connectivity index (χ2n) is 5.79. The highest BCUT2D eigenvalue weighted by atomic mass is 19.1. The van der Waals surface area contributed by atoms with Gasteiger partial charge in [0.05, 0.1) is 11.9 Å². The second kappa shape index (κ2) is 6.16. The molecule has 0 aliphatic carbocycles. The first-order valence-electron chi connectivity index (χ1n) is 7.85. The van der Waals surface area contributed by atoms with Crippen molar-refractivity contribution < 1.29 is 13.5 Å². The Hall–Kier alpha value is -2.54. The molecule has 3 heterocycles. The summed E-state index contributed by atoms with van der Waals surface area (Å²) in [5.41, 5.74) is 1.35. The summed E-state index contributed by atoms with van der Waals surface area (Å²) in [4.78, 5) is 4.24. The number of benzene rings is 1. The van der Waals surface area contributed by atoms with Crippen LogP contribution < -0.4 is 5.32 Å². The molecule has 1 saturated heterocycles. The third kappa shape index (κ3) is 2.82. The van der Waals surface area contributed by atoms with E-state index >= 15 is 0 Å². The molecule has 5 nitrogen and oxygen atoms in total. The smallest absolute Gasteiger partial charge is 0.154 e. The molecule has 1 aliphatic rings. The summed E-state index contributed by atoms with van der Waals surface area (Å²) in [6.07, 6.45) is 3.38. The van der Waals surface area contributed by atoms with E-state index in [1.165, 1.54) is 18.3 Å². The van der Waals surface area contributed by atoms with Crippen LogP contribution in [0.15, 0.2) is 36.5 Å². The van der Waals surface area contributed by atoms with E-state index in [1.54, 1.807) is 4.52 Å². The molecule has 1 fully saturated rings. The number of hydrogen-bond donors (Lipinski definition) is 1. The Balaban J connectivity index is 1.70. The minimum absolute atomic E-state index is 0.264. The lowest BCUT2D eigenvalue weighted by Crippen LogP contribution is -2.28. The number of rotatable bonds is 3. The topological polar surface area (TPSA) is 51.5 Å². The van der Waals surface area contributed by atoms with Gasteiger partial charge in [-0.15, -0.1) is 5.10 Å². The zero-order chi connectivity index (χ0) is 16.5. The predicted octanol–water partition coefficient (Wildman–Crippen LogP) is 3.27. The van der Waals surface area contributed by atoms with Crippen molar-refractivity contribution in [2.75, 3.05) is 18.5 Å². The number of imidazole rings is 1. The van der Waals surface area contributed by atoms with Crippen LogP contribution in [0.5, 0.6) is 0 Å². The zero-order valence-corrected chi connectivity index (χ0v) is 12.9. The fourth-order valence-corrected chi connectivity index (χ4v) is 2.88. The van der Waals surface area contributed by atoms with Gasteiger partial charge in [-0.05, 0) is 37.1 Å². The van der Waals surface area contributed by atoms with E-state index in [0.29, 0.717) is 23.2 Å². The summed E-state index contributed by atoms with van der Waals surface area (Å²) in [5, 5.41) is 7.88. The molecule has 1 aliphatic heterocycles. The highest BCUT2D eigenvalue weighted by Gasteiger charge is 2.16. The molecule has 24 heavy (non-hydrogen) atoms. The van der Waals surface area contributed by atoms with Crippen molar-refractivity contribution in [1.29, 1.82) is 0 Å². The Kier molecular flexibility index (Phi) is 3.86. The molecule has 1 N–H and O–H groups in total. The largest absolute Gasteiger partial charge is 0.381 e. The van der Waals surface area contributed by atoms with Crippen molar-refractivity contribution in [1.82, 2.24) is 14.6 Å². The molecule has 4 rings (SSSR count). The summed E-state index contributed by atoms with van der Waals surface area (Å²) in [6.45, 7) is 1.47. The van der Waals surface area contributed by atoms with Gasteiger partial charge in [-0.1, -0.05) is 0 Å². The van der Waals surface area contributed by atoms with Gasteiger partial charge in [0.1, 0.15) is 17.5 Å². The van der Waals surface area contributed by atoms with Crippen molar-refractivity contribution >= 4 is 11.5 Å². The number of nitrogens with one attached hydrogen (secondary N) is 1. The SMILES string of the molecule is Fc1ccc(-c2cnc3ccc(NC4CCOCC4)nn23)c(F)c1. The number of aromatic nitrogens is 3. The van der Waals surface area contributed by atoms with Gasteiger partial charge in [-0.2, -0.15) is 0 Å². The monoisotopic (exact) mass is 330 g/mol. The molecule has 0 bridgehead atoms. The number of anilines is 1. The summed E-state index contributed by atoms with van der Waals surface area (Å²) in [6, 6.07) is 7.45. The molecule has 0 radical (unpaired) electrons. The molecule has 2 aromatic heterocycles. The highest BCUT2D eigenvalue weighted by molar-refractivity contribution is 5.64. The van der Waals surface area contributed by atoms with Crippen LogP contribution in [0.4, 0.5) is 14.6 Å². The van der Waals surface area contributed by atoms with Crippen LogP contribution in [0.1, 0.15) is 12.8 Å². The Morgan fingerprint density at radius 2 is 1.96 bits per heavy atom. The van der Waals surface area contributed by atoms with Gasteiger partial charge in [-0.25, -0.2) is 18.3 Å². The Labute approximate surface area is 137 Å². The molecule has 0 spiro atoms. The van der Waals surface area contributed by atoms with Gasteiger partial charge >= 0.3 is 0 Å². The molecular weight excluding hydrogens is 314 g/mol. The molecule has 7 heteroatoms. The van der Waals surface area contributed by atoms with Crippen LogP contribution in [-0.4, -0.2) is 33.9 Å². The van der Waals surface area contributed by atoms with Crippen molar-refractivity contribution in [3.8, 4) is 11.3 Å². The van der Waals surface area contributed by atoms with Gasteiger partial charge in [0.2, 0.25) is 0 Å². The number of ether oxygens (including phenoxy) is 1. The standard InChI is InChI=1S/C17H16F2N4O/c18-11-1-2-13(14(19)9-11)15-10-20-17-4-3-16(22-23(15)17)21-12-5-7-24-8-6-12/h1-4,9-10,12H,5-8H2,(H,21,22). The minimum Gasteiger partial charge on any atom is -0.381 e. The normalized spacial score (nSPS) is 15.8. The van der Waals surface area contributed by atoms with Gasteiger partial charge in [0, 0.05) is 30.9 Å². The van der Waals surface area contributed by atoms with Crippen LogP contribution >= 0.6 is 0 Å². The Bertz CT molecular complexity index is 874. The van der Waals surface area contributed by atoms with E-state index in [9.17, 15) is 8.78 Å². The van der Waals surface area contributed by atoms with Crippen molar-refractivity contribution in [2.45, 2.75) is 18.9 Å². The molecule has 1 aromatic carbocycles. The first-order chi connectivity index (χ1) is 11.7. The Morgan fingerprint density at radius 3 is 2.75 bits per heavy atom. The van der Waals surface area contributed by atoms with E-state index in [1.807, 2.05) is 12.1 Å². The van der Waals surface area contributed by atoms with Crippen molar-refractivity contribution in [3.63, 3.8) is 0 Å². The molecule has 3 aromatic rings. The highest BCUT2D eigenvalue weighted by Crippen LogP contribution is 2.24. The maximum absolute atomic E-state index is 14.1. The van der Waals surface area contributed by atoms with Crippen LogP contribution in [0, 0.1) is 11.6 Å². The average molecular weight is 330 g/mol. The zero-order valence-electron chi connectivity index (χ0n) is 12.9.